The van der Waals surface area contributed by atoms with Gasteiger partial charge in [-0.15, -0.1) is 11.3 Å². The third-order valence-corrected chi connectivity index (χ3v) is 3.32. The molecule has 0 saturated carbocycles. The van der Waals surface area contributed by atoms with Crippen LogP contribution >= 0.6 is 11.3 Å². The monoisotopic (exact) mass is 221 g/mol. The molecule has 15 heavy (non-hydrogen) atoms. The highest BCUT2D eigenvalue weighted by atomic mass is 32.1. The predicted molar refractivity (Wildman–Crippen MR) is 63.0 cm³/mol. The van der Waals surface area contributed by atoms with Crippen molar-refractivity contribution in [1.29, 1.82) is 0 Å². The van der Waals surface area contributed by atoms with E-state index >= 15 is 0 Å². The number of aryl methyl sites for hydroxylation is 1. The summed E-state index contributed by atoms with van der Waals surface area (Å²) in [4.78, 5) is 5.50. The first-order valence-electron chi connectivity index (χ1n) is 5.06. The summed E-state index contributed by atoms with van der Waals surface area (Å²) in [6.45, 7) is 3.07. The zero-order valence-electron chi connectivity index (χ0n) is 8.97. The number of nitrogens with zero attached hydrogens (tertiary/aromatic N) is 2. The van der Waals surface area contributed by atoms with E-state index in [1.165, 1.54) is 10.6 Å². The molecule has 0 aliphatic heterocycles. The fraction of sp³-hybridized carbons (Fsp3) is 0.364. The van der Waals surface area contributed by atoms with Crippen molar-refractivity contribution in [2.24, 2.45) is 7.05 Å². The van der Waals surface area contributed by atoms with Crippen LogP contribution in [0.2, 0.25) is 0 Å². The number of imidazole rings is 1. The van der Waals surface area contributed by atoms with E-state index in [-0.39, 0.29) is 6.04 Å². The molecule has 4 heteroatoms. The maximum absolute atomic E-state index is 4.16. The highest BCUT2D eigenvalue weighted by Gasteiger charge is 2.16. The number of thiophene rings is 1. The van der Waals surface area contributed by atoms with Gasteiger partial charge in [-0.25, -0.2) is 4.98 Å². The Morgan fingerprint density at radius 1 is 1.60 bits per heavy atom. The van der Waals surface area contributed by atoms with Gasteiger partial charge in [0.25, 0.3) is 0 Å². The van der Waals surface area contributed by atoms with Crippen molar-refractivity contribution in [3.05, 3.63) is 40.6 Å². The summed E-state index contributed by atoms with van der Waals surface area (Å²) in [5, 5.41) is 5.59. The molecule has 0 radical (unpaired) electrons. The van der Waals surface area contributed by atoms with E-state index in [0.29, 0.717) is 0 Å². The Balaban J connectivity index is 2.32. The lowest BCUT2D eigenvalue weighted by atomic mass is 10.2. The average molecular weight is 221 g/mol. The van der Waals surface area contributed by atoms with Gasteiger partial charge in [-0.2, -0.15) is 0 Å². The van der Waals surface area contributed by atoms with E-state index in [9.17, 15) is 0 Å². The molecule has 2 aromatic rings. The molecule has 0 saturated heterocycles. The minimum absolute atomic E-state index is 0.266. The molecule has 2 aromatic heterocycles. The second kappa shape index (κ2) is 4.59. The normalized spacial score (nSPS) is 12.9. The molecule has 1 atom stereocenters. The van der Waals surface area contributed by atoms with E-state index in [1.54, 1.807) is 11.3 Å². The van der Waals surface area contributed by atoms with E-state index in [4.69, 9.17) is 0 Å². The van der Waals surface area contributed by atoms with Gasteiger partial charge in [-0.1, -0.05) is 13.0 Å². The van der Waals surface area contributed by atoms with Crippen LogP contribution in [0.25, 0.3) is 0 Å². The molecule has 0 fully saturated rings. The molecule has 1 N–H and O–H groups in total. The fourth-order valence-corrected chi connectivity index (χ4v) is 2.47. The van der Waals surface area contributed by atoms with Crippen molar-refractivity contribution in [3.63, 3.8) is 0 Å². The first-order valence-corrected chi connectivity index (χ1v) is 5.94. The molecule has 0 spiro atoms. The Morgan fingerprint density at radius 3 is 3.00 bits per heavy atom. The summed E-state index contributed by atoms with van der Waals surface area (Å²) in [5.41, 5.74) is 1.21. The fourth-order valence-electron chi connectivity index (χ4n) is 1.66. The second-order valence-corrected chi connectivity index (χ2v) is 4.41. The van der Waals surface area contributed by atoms with Gasteiger partial charge in [0.05, 0.1) is 24.3 Å². The molecule has 2 rings (SSSR count). The van der Waals surface area contributed by atoms with Gasteiger partial charge in [0, 0.05) is 11.9 Å². The number of hydrogen-bond donors (Lipinski definition) is 1. The Bertz CT molecular complexity index is 405. The van der Waals surface area contributed by atoms with Crippen molar-refractivity contribution < 1.29 is 0 Å². The van der Waals surface area contributed by atoms with Crippen molar-refractivity contribution in [2.75, 3.05) is 6.54 Å². The van der Waals surface area contributed by atoms with Gasteiger partial charge in [0.15, 0.2) is 0 Å². The van der Waals surface area contributed by atoms with Gasteiger partial charge < -0.3 is 9.88 Å². The van der Waals surface area contributed by atoms with Crippen LogP contribution in [-0.2, 0) is 7.05 Å². The van der Waals surface area contributed by atoms with Gasteiger partial charge in [-0.3, -0.25) is 0 Å². The molecule has 0 amide bonds. The first-order chi connectivity index (χ1) is 7.33. The molecule has 0 aliphatic carbocycles. The zero-order valence-corrected chi connectivity index (χ0v) is 9.79. The van der Waals surface area contributed by atoms with Gasteiger partial charge in [0.2, 0.25) is 0 Å². The second-order valence-electron chi connectivity index (χ2n) is 3.44. The highest BCUT2D eigenvalue weighted by Crippen LogP contribution is 2.25. The van der Waals surface area contributed by atoms with E-state index in [1.807, 2.05) is 19.6 Å². The average Bonchev–Trinajstić information content (AvgIpc) is 2.85. The molecule has 0 aliphatic rings. The molecule has 0 bridgehead atoms. The maximum atomic E-state index is 4.16. The van der Waals surface area contributed by atoms with Crippen molar-refractivity contribution >= 4 is 11.3 Å². The zero-order chi connectivity index (χ0) is 10.7. The smallest absolute Gasteiger partial charge is 0.0946 e. The van der Waals surface area contributed by atoms with Crippen LogP contribution < -0.4 is 5.32 Å². The number of aromatic nitrogens is 2. The number of nitrogens with one attached hydrogen (secondary N) is 1. The lowest BCUT2D eigenvalue weighted by molar-refractivity contribution is 0.601. The van der Waals surface area contributed by atoms with Crippen molar-refractivity contribution in [1.82, 2.24) is 14.9 Å². The molecular weight excluding hydrogens is 206 g/mol. The van der Waals surface area contributed by atoms with Gasteiger partial charge >= 0.3 is 0 Å². The van der Waals surface area contributed by atoms with Crippen molar-refractivity contribution in [3.8, 4) is 0 Å². The van der Waals surface area contributed by atoms with E-state index in [2.05, 4.69) is 39.3 Å². The summed E-state index contributed by atoms with van der Waals surface area (Å²) in [5.74, 6) is 0. The highest BCUT2D eigenvalue weighted by molar-refractivity contribution is 7.10. The summed E-state index contributed by atoms with van der Waals surface area (Å²) < 4.78 is 2.06. The quantitative estimate of drug-likeness (QED) is 0.857. The topological polar surface area (TPSA) is 29.9 Å². The Labute approximate surface area is 93.8 Å². The molecular formula is C11H15N3S. The summed E-state index contributed by atoms with van der Waals surface area (Å²) in [6, 6.07) is 4.51. The predicted octanol–water partition coefficient (Wildman–Crippen LogP) is 2.18. The molecule has 80 valence electrons. The van der Waals surface area contributed by atoms with Crippen LogP contribution in [0.5, 0.6) is 0 Å². The van der Waals surface area contributed by atoms with Crippen LogP contribution in [0.3, 0.4) is 0 Å². The Hall–Kier alpha value is -1.13. The minimum Gasteiger partial charge on any atom is -0.336 e. The number of rotatable bonds is 4. The minimum atomic E-state index is 0.266. The standard InChI is InChI=1S/C11H15N3S/c1-3-13-11(10-5-4-6-15-10)9-7-12-8-14(9)2/h4-8,11,13H,3H2,1-2H3. The third kappa shape index (κ3) is 2.11. The molecule has 3 nitrogen and oxygen atoms in total. The van der Waals surface area contributed by atoms with Gasteiger partial charge in [0.1, 0.15) is 0 Å². The Morgan fingerprint density at radius 2 is 2.47 bits per heavy atom. The lowest BCUT2D eigenvalue weighted by Gasteiger charge is -2.16. The third-order valence-electron chi connectivity index (χ3n) is 2.39. The first kappa shape index (κ1) is 10.4. The SMILES string of the molecule is CCNC(c1cccs1)c1cncn1C. The molecule has 0 aromatic carbocycles. The van der Waals surface area contributed by atoms with Crippen LogP contribution in [-0.4, -0.2) is 16.1 Å². The van der Waals surface area contributed by atoms with Crippen LogP contribution in [0.4, 0.5) is 0 Å². The Kier molecular flexibility index (Phi) is 3.18. The lowest BCUT2D eigenvalue weighted by Crippen LogP contribution is -2.22. The van der Waals surface area contributed by atoms with Crippen LogP contribution in [0.15, 0.2) is 30.0 Å². The summed E-state index contributed by atoms with van der Waals surface area (Å²) in [6.07, 6.45) is 3.76. The number of hydrogen-bond acceptors (Lipinski definition) is 3. The van der Waals surface area contributed by atoms with Crippen molar-refractivity contribution in [2.45, 2.75) is 13.0 Å². The van der Waals surface area contributed by atoms with E-state index in [0.717, 1.165) is 6.54 Å². The van der Waals surface area contributed by atoms with Crippen LogP contribution in [0, 0.1) is 0 Å². The largest absolute Gasteiger partial charge is 0.336 e. The van der Waals surface area contributed by atoms with Gasteiger partial charge in [-0.05, 0) is 18.0 Å². The van der Waals surface area contributed by atoms with Crippen LogP contribution in [0.1, 0.15) is 23.5 Å². The molecule has 1 unspecified atom stereocenters. The summed E-state index contributed by atoms with van der Waals surface area (Å²) in [7, 11) is 2.03. The van der Waals surface area contributed by atoms with E-state index < -0.39 is 0 Å². The summed E-state index contributed by atoms with van der Waals surface area (Å²) >= 11 is 1.77. The maximum Gasteiger partial charge on any atom is 0.0946 e. The molecule has 2 heterocycles.